The van der Waals surface area contributed by atoms with E-state index in [4.69, 9.17) is 27.9 Å². The number of alkyl carbamates (subject to hydrolysis) is 1. The van der Waals surface area contributed by atoms with E-state index in [2.05, 4.69) is 33.2 Å². The first-order valence-electron chi connectivity index (χ1n) is 10.9. The Labute approximate surface area is 205 Å². The summed E-state index contributed by atoms with van der Waals surface area (Å²) in [6, 6.07) is 7.49. The number of carbonyl (C=O) groups excluding carboxylic acids is 1. The molecule has 1 fully saturated rings. The van der Waals surface area contributed by atoms with Crippen LogP contribution < -0.4 is 10.2 Å². The fourth-order valence-electron chi connectivity index (χ4n) is 3.82. The first-order chi connectivity index (χ1) is 15.4. The van der Waals surface area contributed by atoms with Gasteiger partial charge >= 0.3 is 6.09 Å². The van der Waals surface area contributed by atoms with Crippen molar-refractivity contribution in [1.29, 1.82) is 5.26 Å². The summed E-state index contributed by atoms with van der Waals surface area (Å²) in [4.78, 5) is 23.3. The average Bonchev–Trinajstić information content (AvgIpc) is 2.73. The van der Waals surface area contributed by atoms with Crippen LogP contribution in [0.5, 0.6) is 0 Å². The number of nitrogens with zero attached hydrogens (tertiary/aromatic N) is 4. The molecule has 0 saturated carbocycles. The molecule has 0 atom stereocenters. The molecule has 1 aliphatic rings. The minimum Gasteiger partial charge on any atom is -0.444 e. The van der Waals surface area contributed by atoms with E-state index < -0.39 is 11.7 Å². The number of amides is 1. The number of hydrogen-bond donors (Lipinski definition) is 1. The lowest BCUT2D eigenvalue weighted by Gasteiger charge is -2.39. The van der Waals surface area contributed by atoms with Gasteiger partial charge in [0.25, 0.3) is 0 Å². The quantitative estimate of drug-likeness (QED) is 0.586. The maximum Gasteiger partial charge on any atom is 0.407 e. The van der Waals surface area contributed by atoms with Gasteiger partial charge in [-0.1, -0.05) is 42.3 Å². The summed E-state index contributed by atoms with van der Waals surface area (Å²) < 4.78 is 5.34. The highest BCUT2D eigenvalue weighted by Crippen LogP contribution is 2.37. The topological polar surface area (TPSA) is 91.1 Å². The molecule has 1 N–H and O–H groups in total. The summed E-state index contributed by atoms with van der Waals surface area (Å²) in [5.74, 6) is 0.521. The molecule has 1 aliphatic heterocycles. The van der Waals surface area contributed by atoms with E-state index in [-0.39, 0.29) is 11.1 Å². The summed E-state index contributed by atoms with van der Waals surface area (Å²) in [6.07, 6.45) is 1.28. The van der Waals surface area contributed by atoms with Crippen LogP contribution in [0.15, 0.2) is 18.2 Å². The number of anilines is 1. The van der Waals surface area contributed by atoms with E-state index in [1.807, 2.05) is 33.8 Å². The molecule has 9 heteroatoms. The first kappa shape index (κ1) is 25.1. The molecule has 1 aromatic heterocycles. The summed E-state index contributed by atoms with van der Waals surface area (Å²) in [5, 5.41) is 13.5. The highest BCUT2D eigenvalue weighted by molar-refractivity contribution is 6.43. The lowest BCUT2D eigenvalue weighted by molar-refractivity contribution is 0.0495. The van der Waals surface area contributed by atoms with Gasteiger partial charge in [-0.2, -0.15) is 5.26 Å². The molecule has 0 bridgehead atoms. The molecule has 176 valence electrons. The number of halogens is 2. The van der Waals surface area contributed by atoms with Gasteiger partial charge in [0.05, 0.1) is 15.7 Å². The minimum absolute atomic E-state index is 0.0608. The van der Waals surface area contributed by atoms with Crippen molar-refractivity contribution in [3.05, 3.63) is 39.6 Å². The van der Waals surface area contributed by atoms with Crippen molar-refractivity contribution in [2.24, 2.45) is 5.41 Å². The number of nitriles is 1. The summed E-state index contributed by atoms with van der Waals surface area (Å²) in [6.45, 7) is 11.5. The monoisotopic (exact) mass is 489 g/mol. The van der Waals surface area contributed by atoms with Crippen molar-refractivity contribution >= 4 is 35.2 Å². The van der Waals surface area contributed by atoms with Crippen molar-refractivity contribution in [2.45, 2.75) is 53.1 Å². The maximum absolute atomic E-state index is 12.0. The molecule has 0 spiro atoms. The van der Waals surface area contributed by atoms with Gasteiger partial charge in [-0.05, 0) is 52.0 Å². The van der Waals surface area contributed by atoms with E-state index in [9.17, 15) is 10.1 Å². The number of aromatic nitrogens is 2. The van der Waals surface area contributed by atoms with Crippen LogP contribution in [0.25, 0.3) is 11.1 Å². The third-order valence-corrected chi connectivity index (χ3v) is 6.54. The van der Waals surface area contributed by atoms with Crippen LogP contribution in [0.1, 0.15) is 51.9 Å². The summed E-state index contributed by atoms with van der Waals surface area (Å²) >= 11 is 12.6. The fraction of sp³-hybridized carbons (Fsp3) is 0.500. The summed E-state index contributed by atoms with van der Waals surface area (Å²) in [5.41, 5.74) is 1.58. The molecular formula is C24H29Cl2N5O2. The van der Waals surface area contributed by atoms with E-state index >= 15 is 0 Å². The van der Waals surface area contributed by atoms with Crippen LogP contribution in [0.4, 0.5) is 10.7 Å². The number of benzene rings is 1. The van der Waals surface area contributed by atoms with E-state index in [0.29, 0.717) is 52.4 Å². The Bertz CT molecular complexity index is 1080. The Morgan fingerprint density at radius 3 is 2.55 bits per heavy atom. The second-order valence-electron chi connectivity index (χ2n) is 9.70. The number of piperidine rings is 1. The standard InChI is InChI=1S/C24H29Cl2N5O2/c1-15-19(16-7-6-8-17(25)20(16)26)18(13-27)30-21(29-15)31-11-9-24(5,10-12-31)14-28-22(32)33-23(2,3)4/h6-8H,9-12,14H2,1-5H3,(H,28,32). The molecule has 2 aromatic rings. The minimum atomic E-state index is -0.524. The van der Waals surface area contributed by atoms with Crippen LogP contribution in [0, 0.1) is 23.7 Å². The smallest absolute Gasteiger partial charge is 0.407 e. The maximum atomic E-state index is 12.0. The molecule has 1 saturated heterocycles. The van der Waals surface area contributed by atoms with Crippen LogP contribution in [-0.4, -0.2) is 41.3 Å². The lowest BCUT2D eigenvalue weighted by Crippen LogP contribution is -2.46. The van der Waals surface area contributed by atoms with Crippen LogP contribution >= 0.6 is 23.2 Å². The molecule has 0 radical (unpaired) electrons. The second-order valence-corrected chi connectivity index (χ2v) is 10.5. The Kier molecular flexibility index (Phi) is 7.40. The van der Waals surface area contributed by atoms with Gasteiger partial charge in [0.15, 0.2) is 5.69 Å². The summed E-state index contributed by atoms with van der Waals surface area (Å²) in [7, 11) is 0. The molecule has 1 amide bonds. The number of nitrogens with one attached hydrogen (secondary N) is 1. The number of rotatable bonds is 4. The van der Waals surface area contributed by atoms with Gasteiger partial charge in [-0.25, -0.2) is 14.8 Å². The Balaban J connectivity index is 1.73. The van der Waals surface area contributed by atoms with Crippen molar-refractivity contribution in [1.82, 2.24) is 15.3 Å². The average molecular weight is 490 g/mol. The van der Waals surface area contributed by atoms with Gasteiger partial charge in [0.1, 0.15) is 11.7 Å². The number of ether oxygens (including phenoxy) is 1. The molecule has 1 aromatic carbocycles. The van der Waals surface area contributed by atoms with Gasteiger partial charge in [-0.3, -0.25) is 0 Å². The van der Waals surface area contributed by atoms with Crippen molar-refractivity contribution in [2.75, 3.05) is 24.5 Å². The third-order valence-electron chi connectivity index (χ3n) is 5.72. The molecule has 33 heavy (non-hydrogen) atoms. The molecule has 7 nitrogen and oxygen atoms in total. The van der Waals surface area contributed by atoms with Crippen molar-refractivity contribution in [3.63, 3.8) is 0 Å². The Morgan fingerprint density at radius 2 is 1.94 bits per heavy atom. The number of aryl methyl sites for hydroxylation is 1. The zero-order valence-electron chi connectivity index (χ0n) is 19.6. The first-order valence-corrected chi connectivity index (χ1v) is 11.6. The molecule has 3 rings (SSSR count). The SMILES string of the molecule is Cc1nc(N2CCC(C)(CNC(=O)OC(C)(C)C)CC2)nc(C#N)c1-c1cccc(Cl)c1Cl. The predicted molar refractivity (Wildman–Crippen MR) is 131 cm³/mol. The molecule has 0 aliphatic carbocycles. The largest absolute Gasteiger partial charge is 0.444 e. The molecular weight excluding hydrogens is 461 g/mol. The zero-order valence-corrected chi connectivity index (χ0v) is 21.1. The van der Waals surface area contributed by atoms with Crippen LogP contribution in [0.2, 0.25) is 10.0 Å². The van der Waals surface area contributed by atoms with E-state index in [0.717, 1.165) is 12.8 Å². The van der Waals surface area contributed by atoms with Crippen LogP contribution in [-0.2, 0) is 4.74 Å². The number of hydrogen-bond acceptors (Lipinski definition) is 6. The highest BCUT2D eigenvalue weighted by atomic mass is 35.5. The fourth-order valence-corrected chi connectivity index (χ4v) is 4.22. The van der Waals surface area contributed by atoms with E-state index in [1.165, 1.54) is 0 Å². The van der Waals surface area contributed by atoms with Crippen LogP contribution in [0.3, 0.4) is 0 Å². The Hall–Kier alpha value is -2.56. The third kappa shape index (κ3) is 6.07. The van der Waals surface area contributed by atoms with Crippen molar-refractivity contribution in [3.8, 4) is 17.2 Å². The van der Waals surface area contributed by atoms with Gasteiger partial charge in [-0.15, -0.1) is 0 Å². The molecule has 0 unspecified atom stereocenters. The van der Waals surface area contributed by atoms with Gasteiger partial charge < -0.3 is 15.0 Å². The Morgan fingerprint density at radius 1 is 1.27 bits per heavy atom. The second kappa shape index (κ2) is 9.74. The van der Waals surface area contributed by atoms with Gasteiger partial charge in [0.2, 0.25) is 5.95 Å². The highest BCUT2D eigenvalue weighted by Gasteiger charge is 2.32. The van der Waals surface area contributed by atoms with Crippen molar-refractivity contribution < 1.29 is 9.53 Å². The number of carbonyl (C=O) groups is 1. The zero-order chi connectivity index (χ0) is 24.4. The normalized spacial score (nSPS) is 15.6. The van der Waals surface area contributed by atoms with E-state index in [1.54, 1.807) is 12.1 Å². The van der Waals surface area contributed by atoms with Gasteiger partial charge in [0, 0.05) is 30.8 Å². The molecule has 2 heterocycles. The lowest BCUT2D eigenvalue weighted by atomic mass is 9.80. The predicted octanol–water partition coefficient (Wildman–Crippen LogP) is 5.76.